The molecular formula is C21H20N4OS. The Morgan fingerprint density at radius 2 is 1.78 bits per heavy atom. The molecule has 4 aromatic rings. The number of oxazole rings is 1. The Morgan fingerprint density at radius 1 is 1.00 bits per heavy atom. The van der Waals surface area contributed by atoms with Crippen molar-refractivity contribution >= 4 is 11.8 Å². The van der Waals surface area contributed by atoms with Crippen LogP contribution >= 0.6 is 11.8 Å². The normalized spacial score (nSPS) is 11.1. The SMILES string of the molecule is Cc1ccc(-c2nc(CSc3nnc(-c4ccccc4C)n3C)co2)cc1. The molecule has 0 radical (unpaired) electrons. The molecule has 0 saturated heterocycles. The smallest absolute Gasteiger partial charge is 0.226 e. The second-order valence-electron chi connectivity index (χ2n) is 6.48. The number of thioether (sulfide) groups is 1. The van der Waals surface area contributed by atoms with E-state index < -0.39 is 0 Å². The molecule has 0 fully saturated rings. The third-order valence-corrected chi connectivity index (χ3v) is 5.47. The number of aromatic nitrogens is 4. The number of aryl methyl sites for hydroxylation is 2. The van der Waals surface area contributed by atoms with E-state index in [1.165, 1.54) is 11.1 Å². The Hall–Kier alpha value is -2.86. The van der Waals surface area contributed by atoms with Crippen LogP contribution in [0.2, 0.25) is 0 Å². The Morgan fingerprint density at radius 3 is 2.56 bits per heavy atom. The average Bonchev–Trinajstić information content (AvgIpc) is 3.28. The Labute approximate surface area is 162 Å². The summed E-state index contributed by atoms with van der Waals surface area (Å²) in [6.45, 7) is 4.15. The molecule has 2 aromatic heterocycles. The first-order valence-corrected chi connectivity index (χ1v) is 9.70. The lowest BCUT2D eigenvalue weighted by atomic mass is 10.1. The van der Waals surface area contributed by atoms with Crippen LogP contribution in [0.4, 0.5) is 0 Å². The summed E-state index contributed by atoms with van der Waals surface area (Å²) in [5, 5.41) is 9.56. The Balaban J connectivity index is 1.49. The summed E-state index contributed by atoms with van der Waals surface area (Å²) in [6, 6.07) is 16.4. The van der Waals surface area contributed by atoms with Gasteiger partial charge in [-0.3, -0.25) is 0 Å². The zero-order chi connectivity index (χ0) is 18.8. The fraction of sp³-hybridized carbons (Fsp3) is 0.190. The van der Waals surface area contributed by atoms with Gasteiger partial charge in [-0.1, -0.05) is 53.7 Å². The highest BCUT2D eigenvalue weighted by Crippen LogP contribution is 2.27. The first kappa shape index (κ1) is 17.5. The van der Waals surface area contributed by atoms with Gasteiger partial charge in [0.1, 0.15) is 6.26 Å². The average molecular weight is 376 g/mol. The maximum atomic E-state index is 5.63. The lowest BCUT2D eigenvalue weighted by Gasteiger charge is -2.05. The van der Waals surface area contributed by atoms with Gasteiger partial charge in [-0.25, -0.2) is 4.98 Å². The van der Waals surface area contributed by atoms with Crippen LogP contribution < -0.4 is 0 Å². The fourth-order valence-electron chi connectivity index (χ4n) is 2.84. The summed E-state index contributed by atoms with van der Waals surface area (Å²) in [5.41, 5.74) is 5.37. The molecule has 0 aliphatic rings. The van der Waals surface area contributed by atoms with Gasteiger partial charge in [0.2, 0.25) is 5.89 Å². The molecule has 0 unspecified atom stereocenters. The van der Waals surface area contributed by atoms with Gasteiger partial charge in [-0.05, 0) is 31.5 Å². The number of nitrogens with zero attached hydrogens (tertiary/aromatic N) is 4. The molecule has 6 heteroatoms. The van der Waals surface area contributed by atoms with Gasteiger partial charge in [0.05, 0.1) is 5.69 Å². The van der Waals surface area contributed by atoms with Crippen LogP contribution in [-0.4, -0.2) is 19.7 Å². The quantitative estimate of drug-likeness (QED) is 0.456. The van der Waals surface area contributed by atoms with Crippen molar-refractivity contribution in [3.63, 3.8) is 0 Å². The number of hydrogen-bond acceptors (Lipinski definition) is 5. The van der Waals surface area contributed by atoms with E-state index >= 15 is 0 Å². The zero-order valence-corrected chi connectivity index (χ0v) is 16.3. The van der Waals surface area contributed by atoms with E-state index in [0.717, 1.165) is 27.8 Å². The lowest BCUT2D eigenvalue weighted by Crippen LogP contribution is -1.96. The van der Waals surface area contributed by atoms with Gasteiger partial charge in [-0.15, -0.1) is 10.2 Å². The van der Waals surface area contributed by atoms with Crippen LogP contribution in [0.1, 0.15) is 16.8 Å². The molecule has 136 valence electrons. The van der Waals surface area contributed by atoms with Crippen LogP contribution in [0.25, 0.3) is 22.8 Å². The van der Waals surface area contributed by atoms with Crippen molar-refractivity contribution in [1.29, 1.82) is 0 Å². The standard InChI is InChI=1S/C21H20N4OS/c1-14-8-10-16(11-9-14)20-22-17(12-26-20)13-27-21-24-23-19(25(21)3)18-7-5-4-6-15(18)2/h4-12H,13H2,1-3H3. The highest BCUT2D eigenvalue weighted by atomic mass is 32.2. The van der Waals surface area contributed by atoms with Crippen LogP contribution in [0.15, 0.2) is 64.4 Å². The molecule has 0 bridgehead atoms. The minimum atomic E-state index is 0.643. The van der Waals surface area contributed by atoms with Crippen molar-refractivity contribution in [3.05, 3.63) is 71.6 Å². The summed E-state index contributed by atoms with van der Waals surface area (Å²) in [5.74, 6) is 2.19. The molecule has 0 aliphatic carbocycles. The number of hydrogen-bond donors (Lipinski definition) is 0. The second kappa shape index (κ2) is 7.40. The third kappa shape index (κ3) is 3.66. The van der Waals surface area contributed by atoms with E-state index in [2.05, 4.69) is 53.3 Å². The van der Waals surface area contributed by atoms with Crippen LogP contribution in [-0.2, 0) is 12.8 Å². The maximum absolute atomic E-state index is 5.63. The molecule has 4 rings (SSSR count). The van der Waals surface area contributed by atoms with Gasteiger partial charge in [0.25, 0.3) is 0 Å². The summed E-state index contributed by atoms with van der Waals surface area (Å²) in [7, 11) is 1.99. The first-order valence-electron chi connectivity index (χ1n) is 8.71. The summed E-state index contributed by atoms with van der Waals surface area (Å²) in [4.78, 5) is 4.59. The monoisotopic (exact) mass is 376 g/mol. The number of rotatable bonds is 5. The largest absolute Gasteiger partial charge is 0.444 e. The lowest BCUT2D eigenvalue weighted by molar-refractivity contribution is 0.573. The molecule has 5 nitrogen and oxygen atoms in total. The third-order valence-electron chi connectivity index (χ3n) is 4.42. The van der Waals surface area contributed by atoms with Crippen molar-refractivity contribution < 1.29 is 4.42 Å². The van der Waals surface area contributed by atoms with Gasteiger partial charge < -0.3 is 8.98 Å². The highest BCUT2D eigenvalue weighted by molar-refractivity contribution is 7.98. The molecular weight excluding hydrogens is 356 g/mol. The Bertz CT molecular complexity index is 1070. The van der Waals surface area contributed by atoms with Crippen molar-refractivity contribution in [1.82, 2.24) is 19.7 Å². The fourth-order valence-corrected chi connectivity index (χ4v) is 3.63. The number of benzene rings is 2. The van der Waals surface area contributed by atoms with Crippen molar-refractivity contribution in [2.24, 2.45) is 7.05 Å². The van der Waals surface area contributed by atoms with Crippen LogP contribution in [0.5, 0.6) is 0 Å². The van der Waals surface area contributed by atoms with Crippen LogP contribution in [0.3, 0.4) is 0 Å². The predicted octanol–water partition coefficient (Wildman–Crippen LogP) is 5.05. The summed E-state index contributed by atoms with van der Waals surface area (Å²) >= 11 is 1.60. The highest BCUT2D eigenvalue weighted by Gasteiger charge is 2.14. The molecule has 0 aliphatic heterocycles. The molecule has 2 aromatic carbocycles. The first-order chi connectivity index (χ1) is 13.1. The van der Waals surface area contributed by atoms with E-state index in [4.69, 9.17) is 4.42 Å². The zero-order valence-electron chi connectivity index (χ0n) is 15.5. The van der Waals surface area contributed by atoms with Crippen molar-refractivity contribution in [2.45, 2.75) is 24.8 Å². The molecule has 0 atom stereocenters. The topological polar surface area (TPSA) is 56.7 Å². The molecule has 27 heavy (non-hydrogen) atoms. The van der Waals surface area contributed by atoms with Gasteiger partial charge in [0, 0.05) is 23.9 Å². The van der Waals surface area contributed by atoms with Crippen molar-refractivity contribution in [2.75, 3.05) is 0 Å². The van der Waals surface area contributed by atoms with Crippen LogP contribution in [0, 0.1) is 13.8 Å². The van der Waals surface area contributed by atoms with Crippen molar-refractivity contribution in [3.8, 4) is 22.8 Å². The van der Waals surface area contributed by atoms with E-state index in [0.29, 0.717) is 11.6 Å². The van der Waals surface area contributed by atoms with Gasteiger partial charge in [-0.2, -0.15) is 0 Å². The molecule has 2 heterocycles. The molecule has 0 spiro atoms. The summed E-state index contributed by atoms with van der Waals surface area (Å²) < 4.78 is 7.65. The van der Waals surface area contributed by atoms with Gasteiger partial charge >= 0.3 is 0 Å². The minimum absolute atomic E-state index is 0.643. The predicted molar refractivity (Wildman–Crippen MR) is 107 cm³/mol. The summed E-state index contributed by atoms with van der Waals surface area (Å²) in [6.07, 6.45) is 1.71. The Kier molecular flexibility index (Phi) is 4.81. The molecule has 0 saturated carbocycles. The van der Waals surface area contributed by atoms with E-state index in [9.17, 15) is 0 Å². The maximum Gasteiger partial charge on any atom is 0.226 e. The van der Waals surface area contributed by atoms with Gasteiger partial charge in [0.15, 0.2) is 11.0 Å². The second-order valence-corrected chi connectivity index (χ2v) is 7.42. The van der Waals surface area contributed by atoms with E-state index in [-0.39, 0.29) is 0 Å². The van der Waals surface area contributed by atoms with E-state index in [1.807, 2.05) is 35.9 Å². The molecule has 0 N–H and O–H groups in total. The minimum Gasteiger partial charge on any atom is -0.444 e. The molecule has 0 amide bonds. The van der Waals surface area contributed by atoms with E-state index in [1.54, 1.807) is 18.0 Å².